The van der Waals surface area contributed by atoms with Crippen molar-refractivity contribution in [1.82, 2.24) is 0 Å². The van der Waals surface area contributed by atoms with Gasteiger partial charge in [-0.3, -0.25) is 0 Å². The Morgan fingerprint density at radius 2 is 1.69 bits per heavy atom. The van der Waals surface area contributed by atoms with Gasteiger partial charge >= 0.3 is 18.2 Å². The Kier molecular flexibility index (Phi) is 3.07. The molecule has 3 nitrogen and oxygen atoms in total. The van der Waals surface area contributed by atoms with E-state index in [0.29, 0.717) is 6.92 Å². The van der Waals surface area contributed by atoms with Gasteiger partial charge in [-0.1, -0.05) is 0 Å². The van der Waals surface area contributed by atoms with Gasteiger partial charge in [0.05, 0.1) is 0 Å². The van der Waals surface area contributed by atoms with E-state index < -0.39 is 24.3 Å². The monoisotopic (exact) mass is 207 g/mol. The lowest BCUT2D eigenvalue weighted by Gasteiger charge is -2.24. The Balaban J connectivity index is 4.54. The van der Waals surface area contributed by atoms with Gasteiger partial charge < -0.3 is 10.5 Å². The van der Waals surface area contributed by atoms with E-state index in [-0.39, 0.29) is 0 Å². The van der Waals surface area contributed by atoms with Gasteiger partial charge in [0.15, 0.2) is 6.10 Å². The zero-order valence-electron chi connectivity index (χ0n) is 6.36. The lowest BCUT2D eigenvalue weighted by atomic mass is 10.2. The summed E-state index contributed by atoms with van der Waals surface area (Å²) in [5.74, 6) is -5.10. The van der Waals surface area contributed by atoms with Gasteiger partial charge in [0.2, 0.25) is 0 Å². The van der Waals surface area contributed by atoms with Gasteiger partial charge in [0.1, 0.15) is 0 Å². The second-order valence-corrected chi connectivity index (χ2v) is 2.20. The van der Waals surface area contributed by atoms with Crippen LogP contribution in [0.3, 0.4) is 0 Å². The molecule has 0 radical (unpaired) electrons. The first-order valence-electron chi connectivity index (χ1n) is 2.99. The molecule has 2 N–H and O–H groups in total. The van der Waals surface area contributed by atoms with Gasteiger partial charge in [-0.2, -0.15) is 22.0 Å². The standard InChI is InChI=1S/C5H6F5NO2/c1-2(13-3(11)12)4(6,7)5(8,9)10/h2H,1H3,(H2,11,12). The van der Waals surface area contributed by atoms with Crippen LogP contribution in [-0.2, 0) is 4.74 Å². The maximum absolute atomic E-state index is 12.2. The van der Waals surface area contributed by atoms with Crippen LogP contribution in [0.15, 0.2) is 0 Å². The number of hydrogen-bond acceptors (Lipinski definition) is 2. The zero-order valence-corrected chi connectivity index (χ0v) is 6.36. The van der Waals surface area contributed by atoms with Crippen molar-refractivity contribution in [2.45, 2.75) is 25.1 Å². The van der Waals surface area contributed by atoms with Crippen LogP contribution < -0.4 is 5.73 Å². The van der Waals surface area contributed by atoms with Crippen molar-refractivity contribution in [3.63, 3.8) is 0 Å². The summed E-state index contributed by atoms with van der Waals surface area (Å²) in [5, 5.41) is 0. The van der Waals surface area contributed by atoms with E-state index >= 15 is 0 Å². The maximum atomic E-state index is 12.2. The number of nitrogens with two attached hydrogens (primary N) is 1. The summed E-state index contributed by atoms with van der Waals surface area (Å²) >= 11 is 0. The third kappa shape index (κ3) is 2.71. The van der Waals surface area contributed by atoms with Gasteiger partial charge in [0.25, 0.3) is 0 Å². The number of carbonyl (C=O) groups excluding carboxylic acids is 1. The Morgan fingerprint density at radius 3 is 1.92 bits per heavy atom. The summed E-state index contributed by atoms with van der Waals surface area (Å²) in [7, 11) is 0. The van der Waals surface area contributed by atoms with E-state index in [9.17, 15) is 26.7 Å². The van der Waals surface area contributed by atoms with Crippen LogP contribution in [0.2, 0.25) is 0 Å². The summed E-state index contributed by atoms with van der Waals surface area (Å²) in [6.07, 6.45) is -10.1. The first-order chi connectivity index (χ1) is 5.59. The van der Waals surface area contributed by atoms with Crippen LogP contribution in [-0.4, -0.2) is 24.3 Å². The summed E-state index contributed by atoms with van der Waals surface area (Å²) in [6.45, 7) is 0.401. The number of alkyl halides is 5. The summed E-state index contributed by atoms with van der Waals surface area (Å²) in [4.78, 5) is 9.88. The third-order valence-electron chi connectivity index (χ3n) is 1.18. The van der Waals surface area contributed by atoms with Crippen molar-refractivity contribution in [1.29, 1.82) is 0 Å². The first-order valence-corrected chi connectivity index (χ1v) is 2.99. The molecule has 0 rings (SSSR count). The molecule has 0 aromatic heterocycles. The van der Waals surface area contributed by atoms with Gasteiger partial charge in [-0.05, 0) is 6.92 Å². The molecule has 0 bridgehead atoms. The highest BCUT2D eigenvalue weighted by Crippen LogP contribution is 2.39. The molecule has 1 unspecified atom stereocenters. The Bertz CT molecular complexity index is 202. The minimum Gasteiger partial charge on any atom is -0.440 e. The van der Waals surface area contributed by atoms with Gasteiger partial charge in [-0.15, -0.1) is 0 Å². The van der Waals surface area contributed by atoms with Crippen molar-refractivity contribution >= 4 is 6.09 Å². The van der Waals surface area contributed by atoms with Crippen LogP contribution in [0.1, 0.15) is 6.92 Å². The van der Waals surface area contributed by atoms with Crippen LogP contribution >= 0.6 is 0 Å². The molecule has 0 aliphatic rings. The van der Waals surface area contributed by atoms with E-state index in [2.05, 4.69) is 10.5 Å². The zero-order chi connectivity index (χ0) is 10.9. The average Bonchev–Trinajstić information content (AvgIpc) is 1.82. The molecule has 0 aliphatic carbocycles. The minimum atomic E-state index is -5.76. The van der Waals surface area contributed by atoms with E-state index in [4.69, 9.17) is 0 Å². The number of primary amides is 1. The number of rotatable bonds is 2. The molecule has 8 heteroatoms. The van der Waals surface area contributed by atoms with E-state index in [1.54, 1.807) is 0 Å². The fourth-order valence-corrected chi connectivity index (χ4v) is 0.479. The van der Waals surface area contributed by atoms with Crippen LogP contribution in [0.4, 0.5) is 26.7 Å². The molecule has 0 fully saturated rings. The maximum Gasteiger partial charge on any atom is 0.457 e. The fourth-order valence-electron chi connectivity index (χ4n) is 0.479. The number of halogens is 5. The lowest BCUT2D eigenvalue weighted by molar-refractivity contribution is -0.308. The smallest absolute Gasteiger partial charge is 0.440 e. The molecule has 0 saturated heterocycles. The number of hydrogen-bond donors (Lipinski definition) is 1. The highest BCUT2D eigenvalue weighted by molar-refractivity contribution is 5.64. The van der Waals surface area contributed by atoms with Crippen molar-refractivity contribution in [3.05, 3.63) is 0 Å². The molecule has 0 spiro atoms. The van der Waals surface area contributed by atoms with Gasteiger partial charge in [0, 0.05) is 0 Å². The second-order valence-electron chi connectivity index (χ2n) is 2.20. The quantitative estimate of drug-likeness (QED) is 0.700. The largest absolute Gasteiger partial charge is 0.457 e. The minimum absolute atomic E-state index is 0.401. The first kappa shape index (κ1) is 11.9. The topological polar surface area (TPSA) is 52.3 Å². The van der Waals surface area contributed by atoms with Crippen LogP contribution in [0, 0.1) is 0 Å². The third-order valence-corrected chi connectivity index (χ3v) is 1.18. The lowest BCUT2D eigenvalue weighted by Crippen LogP contribution is -2.48. The predicted octanol–water partition coefficient (Wildman–Crippen LogP) is 1.67. The predicted molar refractivity (Wildman–Crippen MR) is 31.1 cm³/mol. The molecule has 1 amide bonds. The molecule has 0 heterocycles. The Labute approximate surface area is 69.6 Å². The highest BCUT2D eigenvalue weighted by Gasteiger charge is 2.62. The molecular weight excluding hydrogens is 201 g/mol. The molecule has 0 saturated carbocycles. The number of ether oxygens (including phenoxy) is 1. The summed E-state index contributed by atoms with van der Waals surface area (Å²) in [5.41, 5.74) is 4.27. The molecule has 0 aromatic rings. The van der Waals surface area contributed by atoms with Crippen molar-refractivity contribution in [2.75, 3.05) is 0 Å². The number of carbonyl (C=O) groups is 1. The van der Waals surface area contributed by atoms with Crippen LogP contribution in [0.5, 0.6) is 0 Å². The van der Waals surface area contributed by atoms with Crippen molar-refractivity contribution in [3.8, 4) is 0 Å². The Hall–Kier alpha value is -1.08. The van der Waals surface area contributed by atoms with E-state index in [0.717, 1.165) is 0 Å². The summed E-state index contributed by atoms with van der Waals surface area (Å²) < 4.78 is 62.6. The summed E-state index contributed by atoms with van der Waals surface area (Å²) in [6, 6.07) is 0. The molecule has 78 valence electrons. The van der Waals surface area contributed by atoms with Crippen LogP contribution in [0.25, 0.3) is 0 Å². The van der Waals surface area contributed by atoms with E-state index in [1.165, 1.54) is 0 Å². The average molecular weight is 207 g/mol. The van der Waals surface area contributed by atoms with E-state index in [1.807, 2.05) is 0 Å². The SMILES string of the molecule is CC(OC(N)=O)C(F)(F)C(F)(F)F. The number of amides is 1. The molecule has 0 aliphatic heterocycles. The normalized spacial score (nSPS) is 15.2. The second kappa shape index (κ2) is 3.35. The van der Waals surface area contributed by atoms with Crippen molar-refractivity contribution < 1.29 is 31.5 Å². The van der Waals surface area contributed by atoms with Crippen molar-refractivity contribution in [2.24, 2.45) is 5.73 Å². The molecule has 0 aromatic carbocycles. The van der Waals surface area contributed by atoms with Gasteiger partial charge in [-0.25, -0.2) is 4.79 Å². The highest BCUT2D eigenvalue weighted by atomic mass is 19.4. The molecule has 1 atom stereocenters. The Morgan fingerprint density at radius 1 is 1.31 bits per heavy atom. The fraction of sp³-hybridized carbons (Fsp3) is 0.800. The molecular formula is C5H6F5NO2. The molecule has 13 heavy (non-hydrogen) atoms.